The van der Waals surface area contributed by atoms with Gasteiger partial charge in [-0.25, -0.2) is 13.8 Å². The molecule has 2 aromatic heterocycles. The minimum Gasteiger partial charge on any atom is -0.460 e. The predicted octanol–water partition coefficient (Wildman–Crippen LogP) is 6.36. The molecule has 0 aliphatic carbocycles. The summed E-state index contributed by atoms with van der Waals surface area (Å²) in [7, 11) is 0. The number of rotatable bonds is 10. The van der Waals surface area contributed by atoms with Crippen LogP contribution in [0, 0.1) is 18.6 Å². The number of nitrogens with one attached hydrogen (secondary N) is 2. The molecule has 0 atom stereocenters. The van der Waals surface area contributed by atoms with Gasteiger partial charge >= 0.3 is 5.97 Å². The van der Waals surface area contributed by atoms with E-state index in [1.54, 1.807) is 6.20 Å². The smallest absolute Gasteiger partial charge is 0.306 e. The molecule has 0 amide bonds. The standard InChI is InChI=1S/C20H28N4O3.C10H13F2NS/c1-20(2,3)27-18(26)5-4-6-23-7-9-24(10-8-23)16-11-17-15(14-25)12-21-19(17)22-13-16;1-3-6-14-13-9-5-4-8(11)7(2)10(9)12/h11-14H,4-10H2,1-3H3,(H,21,22);4-5,13H,3,6H2,1-2H3. The highest BCUT2D eigenvalue weighted by Gasteiger charge is 2.20. The Morgan fingerprint density at radius 3 is 2.61 bits per heavy atom. The maximum atomic E-state index is 13.4. The van der Waals surface area contributed by atoms with E-state index in [4.69, 9.17) is 4.74 Å². The number of aromatic amines is 1. The van der Waals surface area contributed by atoms with Gasteiger partial charge in [-0.3, -0.25) is 14.5 Å². The number of carbonyl (C=O) groups is 2. The Morgan fingerprint density at radius 1 is 1.22 bits per heavy atom. The van der Waals surface area contributed by atoms with Crippen molar-refractivity contribution in [2.75, 3.05) is 48.1 Å². The van der Waals surface area contributed by atoms with Gasteiger partial charge in [0, 0.05) is 61.1 Å². The highest BCUT2D eigenvalue weighted by molar-refractivity contribution is 8.00. The summed E-state index contributed by atoms with van der Waals surface area (Å²) in [5, 5.41) is 0.863. The number of esters is 1. The van der Waals surface area contributed by atoms with Crippen molar-refractivity contribution in [2.45, 2.75) is 59.5 Å². The third-order valence-electron chi connectivity index (χ3n) is 6.50. The topological polar surface area (TPSA) is 90.6 Å². The molecule has 3 heterocycles. The van der Waals surface area contributed by atoms with Crippen molar-refractivity contribution in [3.8, 4) is 0 Å². The largest absolute Gasteiger partial charge is 0.460 e. The van der Waals surface area contributed by atoms with Crippen LogP contribution in [0.1, 0.15) is 62.9 Å². The molecule has 0 spiro atoms. The maximum absolute atomic E-state index is 13.4. The van der Waals surface area contributed by atoms with Crippen molar-refractivity contribution in [3.63, 3.8) is 0 Å². The number of anilines is 2. The van der Waals surface area contributed by atoms with Gasteiger partial charge in [0.15, 0.2) is 12.1 Å². The number of fused-ring (bicyclic) bond motifs is 1. The van der Waals surface area contributed by atoms with Gasteiger partial charge in [0.2, 0.25) is 0 Å². The average molecular weight is 590 g/mol. The number of halogens is 2. The number of nitrogens with zero attached hydrogens (tertiary/aromatic N) is 3. The van der Waals surface area contributed by atoms with E-state index in [-0.39, 0.29) is 11.5 Å². The van der Waals surface area contributed by atoms with Crippen molar-refractivity contribution in [3.05, 3.63) is 53.4 Å². The molecule has 1 aromatic carbocycles. The Morgan fingerprint density at radius 2 is 1.95 bits per heavy atom. The molecule has 1 aliphatic rings. The molecular formula is C30H41F2N5O3S. The summed E-state index contributed by atoms with van der Waals surface area (Å²) in [6, 6.07) is 4.72. The van der Waals surface area contributed by atoms with Crippen LogP contribution in [-0.4, -0.2) is 71.2 Å². The van der Waals surface area contributed by atoms with Gasteiger partial charge in [-0.05, 0) is 65.3 Å². The Labute approximate surface area is 245 Å². The van der Waals surface area contributed by atoms with E-state index in [9.17, 15) is 18.4 Å². The first-order valence-corrected chi connectivity index (χ1v) is 14.9. The minimum atomic E-state index is -0.506. The number of ether oxygens (including phenoxy) is 1. The van der Waals surface area contributed by atoms with E-state index in [0.717, 1.165) is 74.3 Å². The second kappa shape index (κ2) is 15.2. The summed E-state index contributed by atoms with van der Waals surface area (Å²) < 4.78 is 34.5. The van der Waals surface area contributed by atoms with Crippen LogP contribution in [0.2, 0.25) is 0 Å². The summed E-state index contributed by atoms with van der Waals surface area (Å²) in [5.74, 6) is -0.240. The van der Waals surface area contributed by atoms with Gasteiger partial charge in [0.25, 0.3) is 0 Å². The summed E-state index contributed by atoms with van der Waals surface area (Å²) in [6.45, 7) is 13.7. The van der Waals surface area contributed by atoms with Gasteiger partial charge in [-0.1, -0.05) is 18.9 Å². The Bertz CT molecular complexity index is 1300. The van der Waals surface area contributed by atoms with Crippen LogP contribution in [0.15, 0.2) is 30.6 Å². The third kappa shape index (κ3) is 9.71. The average Bonchev–Trinajstić information content (AvgIpc) is 3.35. The number of hydrogen-bond donors (Lipinski definition) is 2. The quantitative estimate of drug-likeness (QED) is 0.122. The fraction of sp³-hybridized carbons (Fsp3) is 0.500. The highest BCUT2D eigenvalue weighted by Crippen LogP contribution is 2.24. The van der Waals surface area contributed by atoms with Gasteiger partial charge in [0.1, 0.15) is 17.1 Å². The Balaban J connectivity index is 0.000000278. The molecule has 0 radical (unpaired) electrons. The van der Waals surface area contributed by atoms with Crippen molar-refractivity contribution in [2.24, 2.45) is 0 Å². The van der Waals surface area contributed by atoms with Crippen molar-refractivity contribution in [1.29, 1.82) is 0 Å². The summed E-state index contributed by atoms with van der Waals surface area (Å²) in [6.07, 6.45) is 6.68. The van der Waals surface area contributed by atoms with Crippen LogP contribution in [0.3, 0.4) is 0 Å². The fourth-order valence-electron chi connectivity index (χ4n) is 4.32. The lowest BCUT2D eigenvalue weighted by atomic mass is 10.2. The Hall–Kier alpha value is -3.18. The monoisotopic (exact) mass is 589 g/mol. The molecule has 0 saturated carbocycles. The number of H-pyrrole nitrogens is 1. The molecule has 1 aliphatic heterocycles. The van der Waals surface area contributed by atoms with E-state index in [1.165, 1.54) is 31.0 Å². The van der Waals surface area contributed by atoms with E-state index in [0.29, 0.717) is 17.7 Å². The lowest BCUT2D eigenvalue weighted by molar-refractivity contribution is -0.155. The summed E-state index contributed by atoms with van der Waals surface area (Å²) in [4.78, 5) is 35.0. The van der Waals surface area contributed by atoms with E-state index in [2.05, 4.69) is 24.5 Å². The van der Waals surface area contributed by atoms with Crippen molar-refractivity contribution in [1.82, 2.24) is 14.9 Å². The lowest BCUT2D eigenvalue weighted by Crippen LogP contribution is -2.46. The first kappa shape index (κ1) is 32.3. The minimum absolute atomic E-state index is 0.0621. The first-order valence-electron chi connectivity index (χ1n) is 14.0. The molecule has 0 bridgehead atoms. The van der Waals surface area contributed by atoms with E-state index >= 15 is 0 Å². The number of carbonyl (C=O) groups excluding carboxylic acids is 2. The van der Waals surface area contributed by atoms with Crippen LogP contribution < -0.4 is 9.62 Å². The van der Waals surface area contributed by atoms with Crippen molar-refractivity contribution >= 4 is 46.6 Å². The number of piperazine rings is 1. The maximum Gasteiger partial charge on any atom is 0.306 e. The van der Waals surface area contributed by atoms with E-state index in [1.807, 2.05) is 40.0 Å². The number of hydrogen-bond acceptors (Lipinski definition) is 8. The normalized spacial score (nSPS) is 14.0. The molecule has 3 aromatic rings. The van der Waals surface area contributed by atoms with Gasteiger partial charge < -0.3 is 19.3 Å². The number of aldehydes is 1. The van der Waals surface area contributed by atoms with Crippen LogP contribution in [0.5, 0.6) is 0 Å². The molecule has 224 valence electrons. The van der Waals surface area contributed by atoms with Gasteiger partial charge in [0.05, 0.1) is 17.6 Å². The molecule has 2 N–H and O–H groups in total. The zero-order chi connectivity index (χ0) is 30.0. The van der Waals surface area contributed by atoms with Crippen molar-refractivity contribution < 1.29 is 23.1 Å². The van der Waals surface area contributed by atoms with Gasteiger partial charge in [-0.15, -0.1) is 0 Å². The summed E-state index contributed by atoms with van der Waals surface area (Å²) >= 11 is 1.42. The molecule has 8 nitrogen and oxygen atoms in total. The Kier molecular flexibility index (Phi) is 12.0. The molecule has 1 fully saturated rings. The number of benzene rings is 1. The molecule has 4 rings (SSSR count). The number of pyridine rings is 1. The predicted molar refractivity (Wildman–Crippen MR) is 163 cm³/mol. The van der Waals surface area contributed by atoms with Crippen LogP contribution >= 0.6 is 11.9 Å². The molecule has 1 saturated heterocycles. The second-order valence-electron chi connectivity index (χ2n) is 11.0. The van der Waals surface area contributed by atoms with Crippen LogP contribution in [-0.2, 0) is 9.53 Å². The lowest BCUT2D eigenvalue weighted by Gasteiger charge is -2.36. The number of aromatic nitrogens is 2. The zero-order valence-electron chi connectivity index (χ0n) is 24.6. The SMILES string of the molecule is CC(C)(C)OC(=O)CCCN1CCN(c2cnc3[nH]cc(C=O)c3c2)CC1.CCCSNc1ccc(F)c(C)c1F. The van der Waals surface area contributed by atoms with Crippen LogP contribution in [0.25, 0.3) is 11.0 Å². The molecule has 0 unspecified atom stereocenters. The van der Waals surface area contributed by atoms with Gasteiger partial charge in [-0.2, -0.15) is 0 Å². The van der Waals surface area contributed by atoms with Crippen LogP contribution in [0.4, 0.5) is 20.2 Å². The third-order valence-corrected chi connectivity index (χ3v) is 7.47. The molecular weight excluding hydrogens is 548 g/mol. The molecule has 11 heteroatoms. The summed E-state index contributed by atoms with van der Waals surface area (Å²) in [5.41, 5.74) is 2.41. The highest BCUT2D eigenvalue weighted by atomic mass is 32.2. The second-order valence-corrected chi connectivity index (χ2v) is 11.9. The molecule has 41 heavy (non-hydrogen) atoms. The first-order chi connectivity index (χ1) is 19.5. The zero-order valence-corrected chi connectivity index (χ0v) is 25.4. The van der Waals surface area contributed by atoms with E-state index < -0.39 is 17.2 Å². The fourth-order valence-corrected chi connectivity index (χ4v) is 4.94.